The number of aliphatic carboxylic acids is 2. The fourth-order valence-electron chi connectivity index (χ4n) is 12.5. The van der Waals surface area contributed by atoms with Crippen LogP contribution in [0.1, 0.15) is 214 Å². The van der Waals surface area contributed by atoms with Crippen LogP contribution >= 0.6 is 0 Å². The second-order valence-corrected chi connectivity index (χ2v) is 29.2. The molecule has 0 aliphatic rings. The van der Waals surface area contributed by atoms with Gasteiger partial charge in [-0.3, -0.25) is 92.1 Å². The number of aliphatic imine (C=N–C) groups is 5. The molecule has 12 atom stereocenters. The molecule has 0 spiro atoms. The van der Waals surface area contributed by atoms with Crippen molar-refractivity contribution in [2.24, 2.45) is 153 Å². The molecule has 6 amide bonds. The van der Waals surface area contributed by atoms with Crippen LogP contribution in [0.3, 0.4) is 0 Å². The summed E-state index contributed by atoms with van der Waals surface area (Å²) < 4.78 is 0. The van der Waals surface area contributed by atoms with Crippen molar-refractivity contribution in [3.8, 4) is 0 Å². The molecule has 0 saturated carbocycles. The fourth-order valence-corrected chi connectivity index (χ4v) is 12.5. The maximum Gasteiger partial charge on any atom is 0.303 e. The van der Waals surface area contributed by atoms with Crippen LogP contribution in [-0.2, 0) is 67.1 Å². The van der Waals surface area contributed by atoms with Gasteiger partial charge in [-0.2, -0.15) is 0 Å². The van der Waals surface area contributed by atoms with Crippen LogP contribution in [-0.4, -0.2) is 199 Å². The van der Waals surface area contributed by atoms with Crippen molar-refractivity contribution in [2.45, 2.75) is 239 Å². The Morgan fingerprint density at radius 1 is 0.348 bits per heavy atom. The summed E-state index contributed by atoms with van der Waals surface area (Å²) in [7, 11) is 0. The molecular formula is C73H133N23O16. The van der Waals surface area contributed by atoms with E-state index >= 15 is 0 Å². The third-order valence-corrected chi connectivity index (χ3v) is 19.1. The summed E-state index contributed by atoms with van der Waals surface area (Å²) in [6.45, 7) is 9.00. The minimum atomic E-state index is -1.46. The largest absolute Gasteiger partial charge is 0.481 e. The lowest BCUT2D eigenvalue weighted by Crippen LogP contribution is -2.50. The zero-order valence-electron chi connectivity index (χ0n) is 66.3. The maximum atomic E-state index is 14.7. The summed E-state index contributed by atoms with van der Waals surface area (Å²) in [5.41, 5.74) is 72.5. The Morgan fingerprint density at radius 3 is 1.06 bits per heavy atom. The van der Waals surface area contributed by atoms with Gasteiger partial charge in [0, 0.05) is 126 Å². The van der Waals surface area contributed by atoms with E-state index in [4.69, 9.17) is 74.5 Å². The Kier molecular flexibility index (Phi) is 52.9. The molecule has 39 heteroatoms. The number of carboxylic acid groups (broad SMARTS) is 2. The number of guanidine groups is 5. The first-order chi connectivity index (χ1) is 52.8. The number of carbonyl (C=O) groups is 14. The number of unbranched alkanes of at least 4 members (excludes halogenated alkanes) is 2. The Hall–Kier alpha value is -9.95. The highest BCUT2D eigenvalue weighted by Crippen LogP contribution is 2.26. The molecule has 0 heterocycles. The number of ketones is 6. The van der Waals surface area contributed by atoms with Crippen LogP contribution in [0.2, 0.25) is 0 Å². The molecule has 0 aromatic carbocycles. The molecule has 39 nitrogen and oxygen atoms in total. The van der Waals surface area contributed by atoms with Gasteiger partial charge in [0.15, 0.2) is 58.7 Å². The average Bonchev–Trinajstić information content (AvgIpc) is 0.864. The molecule has 0 radical (unpaired) electrons. The van der Waals surface area contributed by atoms with E-state index in [1.165, 1.54) is 0 Å². The molecule has 0 bridgehead atoms. The Bertz CT molecular complexity index is 3160. The van der Waals surface area contributed by atoms with Crippen LogP contribution < -0.4 is 101 Å². The van der Waals surface area contributed by atoms with E-state index in [1.54, 1.807) is 34.6 Å². The van der Waals surface area contributed by atoms with Gasteiger partial charge in [-0.1, -0.05) is 53.9 Å². The fraction of sp³-hybridized carbons (Fsp3) is 0.740. The number of primary amides is 1. The van der Waals surface area contributed by atoms with Crippen LogP contribution in [0, 0.1) is 53.3 Å². The highest BCUT2D eigenvalue weighted by atomic mass is 16.4. The zero-order valence-corrected chi connectivity index (χ0v) is 66.3. The second kappa shape index (κ2) is 58.0. The predicted octanol–water partition coefficient (Wildman–Crippen LogP) is -2.04. The van der Waals surface area contributed by atoms with Crippen molar-refractivity contribution >= 4 is 112 Å². The number of nitrogens with two attached hydrogens (primary N) is 13. The molecule has 33 N–H and O–H groups in total. The summed E-state index contributed by atoms with van der Waals surface area (Å²) in [6, 6.07) is -5.30. The number of carboxylic acids is 2. The van der Waals surface area contributed by atoms with Gasteiger partial charge in [-0.05, 0) is 134 Å². The lowest BCUT2D eigenvalue weighted by molar-refractivity contribution is -0.140. The average molecular weight is 1590 g/mol. The van der Waals surface area contributed by atoms with Crippen molar-refractivity contribution in [3.63, 3.8) is 0 Å². The van der Waals surface area contributed by atoms with Gasteiger partial charge in [0.1, 0.15) is 5.78 Å². The maximum absolute atomic E-state index is 14.7. The molecule has 0 aromatic heterocycles. The monoisotopic (exact) mass is 1590 g/mol. The van der Waals surface area contributed by atoms with Gasteiger partial charge in [0.05, 0.1) is 30.7 Å². The Morgan fingerprint density at radius 2 is 0.679 bits per heavy atom. The lowest BCUT2D eigenvalue weighted by atomic mass is 9.86. The zero-order chi connectivity index (χ0) is 85.0. The first kappa shape index (κ1) is 102. The summed E-state index contributed by atoms with van der Waals surface area (Å²) in [5, 5.41) is 33.1. The van der Waals surface area contributed by atoms with E-state index in [9.17, 15) is 77.3 Å². The molecule has 0 fully saturated rings. The second-order valence-electron chi connectivity index (χ2n) is 29.2. The van der Waals surface area contributed by atoms with Crippen LogP contribution in [0.25, 0.3) is 0 Å². The molecule has 0 saturated heterocycles. The van der Waals surface area contributed by atoms with Crippen LogP contribution in [0.5, 0.6) is 0 Å². The predicted molar refractivity (Wildman–Crippen MR) is 426 cm³/mol. The SMILES string of the molecule is CC[C@H](C)C(NC(=O)[C@H](CCCN=C(N)N)CC(=O)[C@H](CCC(=O)O)NC(=O)[C@H](CCCCN)CC(=O)[C@@H](C)CCCN=C(N)N)C(=O)C[C@@H](CCC(=O)O)C(=O)NCC(=O)C[C@@H](CC(C)C)C(=O)N[C@@H](CCCN=C(N)N)C(=O)C[C@@H](CCCCN)C(=O)N[C@@H](CCCN=C(N)N)C(=O)C[C@@H](CCCN=C(N)N)C(N)=O. The summed E-state index contributed by atoms with van der Waals surface area (Å²) in [5.74, 6) is -19.9. The van der Waals surface area contributed by atoms with Gasteiger partial charge in [0.25, 0.3) is 0 Å². The van der Waals surface area contributed by atoms with Crippen molar-refractivity contribution < 1.29 is 77.3 Å². The number of nitrogens with zero attached hydrogens (tertiary/aromatic N) is 5. The van der Waals surface area contributed by atoms with E-state index in [0.717, 1.165) is 0 Å². The number of carbonyl (C=O) groups excluding carboxylic acids is 12. The molecule has 636 valence electrons. The molecule has 0 aliphatic heterocycles. The van der Waals surface area contributed by atoms with Gasteiger partial charge >= 0.3 is 11.9 Å². The van der Waals surface area contributed by atoms with Crippen LogP contribution in [0.15, 0.2) is 25.0 Å². The van der Waals surface area contributed by atoms with E-state index in [0.29, 0.717) is 51.5 Å². The quantitative estimate of drug-likeness (QED) is 0.0177. The highest BCUT2D eigenvalue weighted by molar-refractivity contribution is 5.99. The topological polar surface area (TPSA) is 740 Å². The van der Waals surface area contributed by atoms with E-state index in [1.807, 2.05) is 0 Å². The number of amides is 6. The van der Waals surface area contributed by atoms with E-state index in [-0.39, 0.29) is 164 Å². The number of Topliss-reactive ketones (excluding diaryl/α,β-unsaturated/α-hetero) is 6. The normalized spacial score (nSPS) is 14.3. The lowest BCUT2D eigenvalue weighted by Gasteiger charge is -2.28. The molecule has 1 unspecified atom stereocenters. The Labute approximate surface area is 657 Å². The number of rotatable bonds is 67. The van der Waals surface area contributed by atoms with Crippen molar-refractivity contribution in [3.05, 3.63) is 0 Å². The number of hydrogen-bond acceptors (Lipinski definition) is 21. The summed E-state index contributed by atoms with van der Waals surface area (Å²) in [4.78, 5) is 214. The molecule has 0 aromatic rings. The number of nitrogens with one attached hydrogen (secondary N) is 5. The minimum absolute atomic E-state index is 0.00537. The number of hydrogen-bond donors (Lipinski definition) is 20. The van der Waals surface area contributed by atoms with Gasteiger partial charge in [-0.15, -0.1) is 0 Å². The van der Waals surface area contributed by atoms with E-state index in [2.05, 4.69) is 51.5 Å². The van der Waals surface area contributed by atoms with E-state index < -0.39 is 206 Å². The van der Waals surface area contributed by atoms with Crippen molar-refractivity contribution in [2.75, 3.05) is 52.4 Å². The van der Waals surface area contributed by atoms with Gasteiger partial charge in [0.2, 0.25) is 35.4 Å². The molecule has 112 heavy (non-hydrogen) atoms. The first-order valence-corrected chi connectivity index (χ1v) is 38.8. The van der Waals surface area contributed by atoms with Crippen molar-refractivity contribution in [1.29, 1.82) is 0 Å². The van der Waals surface area contributed by atoms with Crippen molar-refractivity contribution in [1.82, 2.24) is 26.6 Å². The highest BCUT2D eigenvalue weighted by Gasteiger charge is 2.38. The smallest absolute Gasteiger partial charge is 0.303 e. The van der Waals surface area contributed by atoms with Crippen LogP contribution in [0.4, 0.5) is 0 Å². The summed E-state index contributed by atoms with van der Waals surface area (Å²) >= 11 is 0. The van der Waals surface area contributed by atoms with Gasteiger partial charge in [-0.25, -0.2) is 0 Å². The first-order valence-electron chi connectivity index (χ1n) is 38.8. The molecule has 0 rings (SSSR count). The van der Waals surface area contributed by atoms with Gasteiger partial charge < -0.3 is 111 Å². The standard InChI is InChI=1S/C73H133N23O16/c1-6-43(4)62(96-67(111)48(20-13-31-89-71(81)82)39-58(101)54(24-26-61(105)106)95-65(109)46(17-7-9-27-74)37-55(98)44(5)16-11-29-87-69(77)78)59(102)40-49(23-25-60(103)104)64(108)92-41-51(97)35-50(34-42(2)3)68(112)94-53(22-15-33-91-73(85)86)57(100)38-47(18-8-10-28-75)66(110)93-52(21-14-32-90-72(83)84)56(99)36-45(63(76)107)19-12-30-88-70(79)80/h42-50,52-54,62H,6-41,74-75H2,1-5H3,(H2,76,107)(H,92,108)(H,93,110)(H,94,112)(H,95,109)(H,96,111)(H,103,104)(H,105,106)(H4,77,78,87)(H4,79,80,88)(H4,81,82,89)(H4,83,84,90)(H4,85,86,91)/t43-,44-,45+,46+,47+,48+,49+,50+,52-,53-,54-,62?/m0/s1. The molecular weight excluding hydrogens is 1450 g/mol. The molecule has 0 aliphatic carbocycles. The summed E-state index contributed by atoms with van der Waals surface area (Å²) in [6.07, 6.45) is -0.601. The minimum Gasteiger partial charge on any atom is -0.481 e. The Balaban J connectivity index is 7.18. The third kappa shape index (κ3) is 47.3. The third-order valence-electron chi connectivity index (χ3n) is 19.1.